The number of aliphatic carboxylic acids is 1. The van der Waals surface area contributed by atoms with Crippen molar-refractivity contribution in [3.8, 4) is 11.5 Å². The zero-order chi connectivity index (χ0) is 19.6. The van der Waals surface area contributed by atoms with Gasteiger partial charge in [-0.1, -0.05) is 12.1 Å². The number of nitrogens with zero attached hydrogens (tertiary/aromatic N) is 2. The fraction of sp³-hybridized carbons (Fsp3) is 0.368. The summed E-state index contributed by atoms with van der Waals surface area (Å²) in [5.41, 5.74) is 1.63. The summed E-state index contributed by atoms with van der Waals surface area (Å²) < 4.78 is 45.0. The highest BCUT2D eigenvalue weighted by atomic mass is 19.4. The molecule has 0 amide bonds. The van der Waals surface area contributed by atoms with Crippen molar-refractivity contribution in [1.29, 1.82) is 0 Å². The Balaban J connectivity index is 1.69. The van der Waals surface area contributed by atoms with E-state index in [1.165, 1.54) is 4.90 Å². The minimum absolute atomic E-state index is 0.119. The number of rotatable bonds is 5. The number of aryl methyl sites for hydroxylation is 1. The molecule has 2 atom stereocenters. The van der Waals surface area contributed by atoms with Crippen LogP contribution in [0.25, 0.3) is 0 Å². The second kappa shape index (κ2) is 7.56. The lowest BCUT2D eigenvalue weighted by atomic mass is 9.96. The van der Waals surface area contributed by atoms with E-state index in [1.54, 1.807) is 36.7 Å². The van der Waals surface area contributed by atoms with Gasteiger partial charge in [-0.2, -0.15) is 13.2 Å². The van der Waals surface area contributed by atoms with Gasteiger partial charge in [0.15, 0.2) is 0 Å². The number of alkyl halides is 3. The molecule has 1 aromatic heterocycles. The zero-order valence-electron chi connectivity index (χ0n) is 14.6. The van der Waals surface area contributed by atoms with Crippen molar-refractivity contribution in [2.45, 2.75) is 19.6 Å². The first-order chi connectivity index (χ1) is 12.7. The maximum absolute atomic E-state index is 13.1. The summed E-state index contributed by atoms with van der Waals surface area (Å²) in [7, 11) is 0. The molecule has 0 bridgehead atoms. The van der Waals surface area contributed by atoms with E-state index in [0.29, 0.717) is 11.5 Å². The molecule has 5 nitrogen and oxygen atoms in total. The van der Waals surface area contributed by atoms with Gasteiger partial charge in [-0.15, -0.1) is 0 Å². The first-order valence-corrected chi connectivity index (χ1v) is 8.43. The fourth-order valence-corrected chi connectivity index (χ4v) is 3.31. The van der Waals surface area contributed by atoms with Gasteiger partial charge < -0.3 is 9.84 Å². The molecule has 0 spiro atoms. The molecule has 3 rings (SSSR count). The monoisotopic (exact) mass is 380 g/mol. The molecule has 8 heteroatoms. The molecule has 0 aliphatic carbocycles. The van der Waals surface area contributed by atoms with Crippen molar-refractivity contribution in [3.05, 3.63) is 53.9 Å². The van der Waals surface area contributed by atoms with E-state index in [9.17, 15) is 18.0 Å². The van der Waals surface area contributed by atoms with Crippen molar-refractivity contribution in [2.75, 3.05) is 13.1 Å². The third-order valence-corrected chi connectivity index (χ3v) is 4.64. The lowest BCUT2D eigenvalue weighted by molar-refractivity contribution is -0.188. The van der Waals surface area contributed by atoms with Gasteiger partial charge in [0.25, 0.3) is 0 Å². The highest BCUT2D eigenvalue weighted by Gasteiger charge is 2.52. The average molecular weight is 380 g/mol. The SMILES string of the molecule is Cc1cc(CN2C[C@@H](C(F)(F)F)[C@H](C(=O)O)C2)ccc1Oc1cccnc1. The molecular weight excluding hydrogens is 361 g/mol. The van der Waals surface area contributed by atoms with Crippen LogP contribution in [0.4, 0.5) is 13.2 Å². The summed E-state index contributed by atoms with van der Waals surface area (Å²) in [4.78, 5) is 16.7. The second-order valence-electron chi connectivity index (χ2n) is 6.68. The van der Waals surface area contributed by atoms with Gasteiger partial charge in [0.1, 0.15) is 11.5 Å². The normalized spacial score (nSPS) is 20.6. The molecule has 1 N–H and O–H groups in total. The van der Waals surface area contributed by atoms with Crippen molar-refractivity contribution >= 4 is 5.97 Å². The van der Waals surface area contributed by atoms with Crippen LogP contribution in [0.2, 0.25) is 0 Å². The number of halogens is 3. The second-order valence-corrected chi connectivity index (χ2v) is 6.68. The number of hydrogen-bond donors (Lipinski definition) is 1. The van der Waals surface area contributed by atoms with Gasteiger partial charge in [-0.3, -0.25) is 14.7 Å². The van der Waals surface area contributed by atoms with Crippen LogP contribution in [0.15, 0.2) is 42.7 Å². The zero-order valence-corrected chi connectivity index (χ0v) is 14.6. The van der Waals surface area contributed by atoms with Gasteiger partial charge in [0.2, 0.25) is 0 Å². The van der Waals surface area contributed by atoms with E-state index in [2.05, 4.69) is 4.98 Å². The molecule has 1 aromatic carbocycles. The van der Waals surface area contributed by atoms with Crippen molar-refractivity contribution in [3.63, 3.8) is 0 Å². The molecule has 0 saturated carbocycles. The first kappa shape index (κ1) is 19.2. The summed E-state index contributed by atoms with van der Waals surface area (Å²) in [5.74, 6) is -3.46. The van der Waals surface area contributed by atoms with Gasteiger partial charge in [-0.25, -0.2) is 0 Å². The van der Waals surface area contributed by atoms with Crippen LogP contribution in [-0.2, 0) is 11.3 Å². The molecule has 0 radical (unpaired) electrons. The Hall–Kier alpha value is -2.61. The van der Waals surface area contributed by atoms with Crippen LogP contribution in [0.5, 0.6) is 11.5 Å². The van der Waals surface area contributed by atoms with E-state index in [0.717, 1.165) is 11.1 Å². The van der Waals surface area contributed by atoms with E-state index >= 15 is 0 Å². The quantitative estimate of drug-likeness (QED) is 0.853. The highest BCUT2D eigenvalue weighted by molar-refractivity contribution is 5.71. The van der Waals surface area contributed by atoms with Crippen LogP contribution in [-0.4, -0.2) is 40.2 Å². The maximum Gasteiger partial charge on any atom is 0.393 e. The van der Waals surface area contributed by atoms with Crippen LogP contribution >= 0.6 is 0 Å². The Morgan fingerprint density at radius 2 is 2.11 bits per heavy atom. The van der Waals surface area contributed by atoms with Crippen molar-refractivity contribution in [1.82, 2.24) is 9.88 Å². The standard InChI is InChI=1S/C19H19F3N2O3/c1-12-7-13(4-5-17(12)27-14-3-2-6-23-8-14)9-24-10-15(18(25)26)16(11-24)19(20,21)22/h2-8,15-16H,9-11H2,1H3,(H,25,26)/t15-,16-/m1/s1. The number of carboxylic acids is 1. The summed E-state index contributed by atoms with van der Waals surface area (Å²) in [6, 6.07) is 8.89. The maximum atomic E-state index is 13.1. The Labute approximate surface area is 154 Å². The topological polar surface area (TPSA) is 62.7 Å². The molecule has 27 heavy (non-hydrogen) atoms. The largest absolute Gasteiger partial charge is 0.481 e. The molecule has 1 aliphatic rings. The Kier molecular flexibility index (Phi) is 5.36. The van der Waals surface area contributed by atoms with Gasteiger partial charge in [0.05, 0.1) is 18.0 Å². The number of pyridine rings is 1. The summed E-state index contributed by atoms with van der Waals surface area (Å²) in [6.07, 6.45) is -1.30. The molecule has 1 saturated heterocycles. The van der Waals surface area contributed by atoms with Crippen molar-refractivity contribution < 1.29 is 27.8 Å². The van der Waals surface area contributed by atoms with Gasteiger partial charge >= 0.3 is 12.1 Å². The molecule has 1 fully saturated rings. The average Bonchev–Trinajstić information content (AvgIpc) is 3.03. The van der Waals surface area contributed by atoms with E-state index in [4.69, 9.17) is 9.84 Å². The van der Waals surface area contributed by atoms with E-state index in [1.807, 2.05) is 13.0 Å². The fourth-order valence-electron chi connectivity index (χ4n) is 3.31. The highest BCUT2D eigenvalue weighted by Crippen LogP contribution is 2.38. The molecule has 2 aromatic rings. The lowest BCUT2D eigenvalue weighted by Gasteiger charge is -2.18. The first-order valence-electron chi connectivity index (χ1n) is 8.43. The van der Waals surface area contributed by atoms with Crippen LogP contribution in [0.1, 0.15) is 11.1 Å². The molecule has 1 aliphatic heterocycles. The number of aromatic nitrogens is 1. The lowest BCUT2D eigenvalue weighted by Crippen LogP contribution is -2.33. The number of carboxylic acid groups (broad SMARTS) is 1. The minimum Gasteiger partial charge on any atom is -0.481 e. The third kappa shape index (κ3) is 4.57. The molecular formula is C19H19F3N2O3. The predicted octanol–water partition coefficient (Wildman–Crippen LogP) is 3.88. The van der Waals surface area contributed by atoms with Crippen LogP contribution < -0.4 is 4.74 Å². The van der Waals surface area contributed by atoms with Gasteiger partial charge in [-0.05, 0) is 36.2 Å². The molecule has 0 unspecified atom stereocenters. The Morgan fingerprint density at radius 3 is 2.67 bits per heavy atom. The molecule has 144 valence electrons. The van der Waals surface area contributed by atoms with E-state index in [-0.39, 0.29) is 19.6 Å². The minimum atomic E-state index is -4.52. The van der Waals surface area contributed by atoms with Gasteiger partial charge in [0, 0.05) is 25.8 Å². The smallest absolute Gasteiger partial charge is 0.393 e. The summed E-state index contributed by atoms with van der Waals surface area (Å²) in [6.45, 7) is 1.67. The Bertz CT molecular complexity index is 812. The number of carbonyl (C=O) groups is 1. The van der Waals surface area contributed by atoms with Crippen LogP contribution in [0, 0.1) is 18.8 Å². The van der Waals surface area contributed by atoms with E-state index < -0.39 is 24.0 Å². The summed E-state index contributed by atoms with van der Waals surface area (Å²) >= 11 is 0. The van der Waals surface area contributed by atoms with Crippen LogP contribution in [0.3, 0.4) is 0 Å². The molecule has 2 heterocycles. The third-order valence-electron chi connectivity index (χ3n) is 4.64. The summed E-state index contributed by atoms with van der Waals surface area (Å²) in [5, 5.41) is 9.10. The predicted molar refractivity (Wildman–Crippen MR) is 91.4 cm³/mol. The number of benzene rings is 1. The number of ether oxygens (including phenoxy) is 1. The number of likely N-dealkylation sites (tertiary alicyclic amines) is 1. The Morgan fingerprint density at radius 1 is 1.33 bits per heavy atom. The van der Waals surface area contributed by atoms with Crippen molar-refractivity contribution in [2.24, 2.45) is 11.8 Å². The number of hydrogen-bond acceptors (Lipinski definition) is 4.